The molecule has 0 amide bonds. The van der Waals surface area contributed by atoms with E-state index in [1.807, 2.05) is 0 Å². The van der Waals surface area contributed by atoms with E-state index in [1.54, 1.807) is 0 Å². The van der Waals surface area contributed by atoms with Crippen molar-refractivity contribution in [3.8, 4) is 0 Å². The van der Waals surface area contributed by atoms with E-state index in [0.717, 1.165) is 27.7 Å². The molecule has 0 saturated carbocycles. The Hall–Kier alpha value is -2.16. The summed E-state index contributed by atoms with van der Waals surface area (Å²) in [6.07, 6.45) is -6.40. The first-order valence-corrected chi connectivity index (χ1v) is 6.40. The Morgan fingerprint density at radius 3 is 1.82 bits per heavy atom. The maximum absolute atomic E-state index is 11.3. The van der Waals surface area contributed by atoms with Gasteiger partial charge in [-0.1, -0.05) is 0 Å². The third-order valence-corrected chi connectivity index (χ3v) is 2.45. The Kier molecular flexibility index (Phi) is 5.70. The predicted molar refractivity (Wildman–Crippen MR) is 68.2 cm³/mol. The maximum atomic E-state index is 11.3. The van der Waals surface area contributed by atoms with Crippen molar-refractivity contribution in [1.82, 2.24) is 0 Å². The minimum Gasteiger partial charge on any atom is -0.463 e. The number of hydrogen-bond acceptors (Lipinski definition) is 9. The molecule has 1 unspecified atom stereocenters. The average molecular weight is 319 g/mol. The van der Waals surface area contributed by atoms with Gasteiger partial charge < -0.3 is 23.7 Å². The van der Waals surface area contributed by atoms with E-state index in [1.165, 1.54) is 0 Å². The molecule has 1 aliphatic rings. The van der Waals surface area contributed by atoms with Crippen LogP contribution in [0.2, 0.25) is 0 Å². The first kappa shape index (κ1) is 16.2. The van der Waals surface area contributed by atoms with E-state index in [2.05, 4.69) is 0 Å². The number of carbonyl (C=O) groups is 4. The molecule has 0 radical (unpaired) electrons. The molecule has 0 aromatic rings. The molecule has 4 atom stereocenters. The number of hydrogen-bond donors (Lipinski definition) is 0. The van der Waals surface area contributed by atoms with Crippen LogP contribution in [-0.2, 0) is 42.9 Å². The molecule has 124 valence electrons. The highest BCUT2D eigenvalue weighted by molar-refractivity contribution is 5.68. The molecular formula is C13H18O9. The first-order valence-electron chi connectivity index (χ1n) is 6.90. The minimum absolute atomic E-state index is 0.382. The smallest absolute Gasteiger partial charge is 0.305 e. The van der Waals surface area contributed by atoms with E-state index < -0.39 is 48.5 Å². The molecule has 0 spiro atoms. The molecule has 1 aliphatic heterocycles. The molecule has 0 aromatic carbocycles. The Bertz CT molecular complexity index is 506. The Balaban J connectivity index is 3.10. The van der Waals surface area contributed by atoms with E-state index >= 15 is 0 Å². The van der Waals surface area contributed by atoms with E-state index in [0.29, 0.717) is 0 Å². The van der Waals surface area contributed by atoms with Crippen molar-refractivity contribution in [3.05, 3.63) is 0 Å². The number of esters is 4. The van der Waals surface area contributed by atoms with Crippen molar-refractivity contribution in [3.63, 3.8) is 0 Å². The molecule has 0 aliphatic carbocycles. The number of ether oxygens (including phenoxy) is 5. The molecule has 9 nitrogen and oxygen atoms in total. The van der Waals surface area contributed by atoms with Crippen LogP contribution in [0.25, 0.3) is 0 Å². The Labute approximate surface area is 128 Å². The normalized spacial score (nSPS) is 30.9. The molecule has 22 heavy (non-hydrogen) atoms. The second-order valence-corrected chi connectivity index (χ2v) is 4.48. The van der Waals surface area contributed by atoms with Crippen molar-refractivity contribution >= 4 is 23.9 Å². The van der Waals surface area contributed by atoms with E-state index in [-0.39, 0.29) is 6.61 Å². The van der Waals surface area contributed by atoms with Crippen LogP contribution in [0, 0.1) is 0 Å². The zero-order chi connectivity index (χ0) is 17.8. The van der Waals surface area contributed by atoms with Crippen LogP contribution >= 0.6 is 0 Å². The van der Waals surface area contributed by atoms with Crippen LogP contribution < -0.4 is 0 Å². The maximum Gasteiger partial charge on any atom is 0.305 e. The van der Waals surface area contributed by atoms with Gasteiger partial charge in [0, 0.05) is 27.7 Å². The molecule has 0 aromatic heterocycles. The first-order chi connectivity index (χ1) is 10.5. The molecular weight excluding hydrogens is 300 g/mol. The fourth-order valence-electron chi connectivity index (χ4n) is 1.79. The molecule has 1 saturated heterocycles. The van der Waals surface area contributed by atoms with Gasteiger partial charge in [-0.3, -0.25) is 19.2 Å². The Morgan fingerprint density at radius 1 is 0.864 bits per heavy atom. The van der Waals surface area contributed by atoms with Gasteiger partial charge in [-0.05, 0) is 0 Å². The molecule has 1 fully saturated rings. The summed E-state index contributed by atoms with van der Waals surface area (Å²) >= 11 is 0. The lowest BCUT2D eigenvalue weighted by Crippen LogP contribution is -2.42. The van der Waals surface area contributed by atoms with E-state index in [9.17, 15) is 19.2 Å². The van der Waals surface area contributed by atoms with Gasteiger partial charge in [0.2, 0.25) is 12.4 Å². The fraction of sp³-hybridized carbons (Fsp3) is 0.692. The van der Waals surface area contributed by atoms with Crippen molar-refractivity contribution in [2.24, 2.45) is 0 Å². The highest BCUT2D eigenvalue weighted by Crippen LogP contribution is 2.28. The van der Waals surface area contributed by atoms with Gasteiger partial charge in [-0.2, -0.15) is 0 Å². The van der Waals surface area contributed by atoms with Gasteiger partial charge in [0.05, 0.1) is 0 Å². The van der Waals surface area contributed by atoms with Crippen molar-refractivity contribution < 1.29 is 44.2 Å². The van der Waals surface area contributed by atoms with Crippen LogP contribution in [0.4, 0.5) is 0 Å². The molecule has 0 N–H and O–H groups in total. The van der Waals surface area contributed by atoms with Gasteiger partial charge in [-0.15, -0.1) is 0 Å². The van der Waals surface area contributed by atoms with Gasteiger partial charge >= 0.3 is 23.9 Å². The highest BCUT2D eigenvalue weighted by atomic mass is 16.8. The van der Waals surface area contributed by atoms with Crippen molar-refractivity contribution in [2.75, 3.05) is 6.61 Å². The summed E-state index contributed by atoms with van der Waals surface area (Å²) in [4.78, 5) is 44.6. The zero-order valence-electron chi connectivity index (χ0n) is 13.6. The summed E-state index contributed by atoms with van der Waals surface area (Å²) in [6, 6.07) is 0. The summed E-state index contributed by atoms with van der Waals surface area (Å²) in [5.74, 6) is -3.04. The third-order valence-electron chi connectivity index (χ3n) is 2.45. The highest BCUT2D eigenvalue weighted by Gasteiger charge is 2.51. The number of carbonyl (C=O) groups excluding carboxylic acids is 4. The summed E-state index contributed by atoms with van der Waals surface area (Å²) in [7, 11) is 0. The quantitative estimate of drug-likeness (QED) is 0.497. The van der Waals surface area contributed by atoms with Crippen LogP contribution in [-0.4, -0.2) is 55.1 Å². The largest absolute Gasteiger partial charge is 0.463 e. The SMILES string of the molecule is [2H]C1(OC(C)=O)O[C@H](COC(C)=O)[C@@H](OC(C)=O)[C@H]1OC(C)=O. The molecule has 1 heterocycles. The van der Waals surface area contributed by atoms with Gasteiger partial charge in [0.15, 0.2) is 6.10 Å². The average Bonchev–Trinajstić information content (AvgIpc) is 2.59. The zero-order valence-corrected chi connectivity index (χ0v) is 12.6. The minimum atomic E-state index is -2.43. The Morgan fingerprint density at radius 2 is 1.36 bits per heavy atom. The summed E-state index contributed by atoms with van der Waals surface area (Å²) in [5.41, 5.74) is 0. The van der Waals surface area contributed by atoms with Crippen LogP contribution in [0.1, 0.15) is 29.1 Å². The van der Waals surface area contributed by atoms with Crippen molar-refractivity contribution in [2.45, 2.75) is 52.3 Å². The van der Waals surface area contributed by atoms with Crippen LogP contribution in [0.5, 0.6) is 0 Å². The second-order valence-electron chi connectivity index (χ2n) is 4.48. The monoisotopic (exact) mass is 319 g/mol. The third kappa shape index (κ3) is 5.32. The summed E-state index contributed by atoms with van der Waals surface area (Å²) in [6.45, 7) is 3.97. The lowest BCUT2D eigenvalue weighted by atomic mass is 10.1. The summed E-state index contributed by atoms with van der Waals surface area (Å²) in [5, 5.41) is 0. The van der Waals surface area contributed by atoms with Gasteiger partial charge in [-0.25, -0.2) is 0 Å². The standard InChI is InChI=1S/C13H18O9/c1-6(14)18-5-10-11(19-7(2)15)12(20-8(3)16)13(22-10)21-9(4)17/h10-13H,5H2,1-4H3/t10-,11-,12-,13?/m1/s1/i13D. The predicted octanol–water partition coefficient (Wildman–Crippen LogP) is -0.299. The van der Waals surface area contributed by atoms with Crippen LogP contribution in [0.15, 0.2) is 0 Å². The summed E-state index contributed by atoms with van der Waals surface area (Å²) < 4.78 is 32.8. The lowest BCUT2D eigenvalue weighted by Gasteiger charge is -2.22. The van der Waals surface area contributed by atoms with Gasteiger partial charge in [0.25, 0.3) is 0 Å². The second kappa shape index (κ2) is 7.74. The van der Waals surface area contributed by atoms with Crippen LogP contribution in [0.3, 0.4) is 0 Å². The fourth-order valence-corrected chi connectivity index (χ4v) is 1.79. The molecule has 9 heteroatoms. The van der Waals surface area contributed by atoms with Gasteiger partial charge in [0.1, 0.15) is 14.1 Å². The lowest BCUT2D eigenvalue weighted by molar-refractivity contribution is -0.197. The van der Waals surface area contributed by atoms with E-state index in [4.69, 9.17) is 25.1 Å². The topological polar surface area (TPSA) is 114 Å². The van der Waals surface area contributed by atoms with Crippen molar-refractivity contribution in [1.29, 1.82) is 0 Å². The molecule has 0 bridgehead atoms. The molecule has 1 rings (SSSR count). The number of rotatable bonds is 5.